The highest BCUT2D eigenvalue weighted by Gasteiger charge is 2.35. The number of thioether (sulfide) groups is 1. The van der Waals surface area contributed by atoms with E-state index in [2.05, 4.69) is 11.0 Å². The van der Waals surface area contributed by atoms with Gasteiger partial charge in [-0.05, 0) is 18.4 Å². The lowest BCUT2D eigenvalue weighted by molar-refractivity contribution is -0.143. The standard InChI is InChI=1S/C14H16N2O2S/c1-9(14(17)18)10-7-16(8-10)12-4-3-5-13(19-2)11(12)6-15/h3-5,9-10H,7-8H2,1-2H3,(H,17,18). The zero-order chi connectivity index (χ0) is 14.0. The average Bonchev–Trinajstić information content (AvgIpc) is 2.36. The molecule has 4 nitrogen and oxygen atoms in total. The summed E-state index contributed by atoms with van der Waals surface area (Å²) in [4.78, 5) is 14.0. The lowest BCUT2D eigenvalue weighted by Gasteiger charge is -2.43. The second-order valence-electron chi connectivity index (χ2n) is 4.76. The van der Waals surface area contributed by atoms with Gasteiger partial charge in [-0.15, -0.1) is 11.8 Å². The highest BCUT2D eigenvalue weighted by Crippen LogP contribution is 2.35. The van der Waals surface area contributed by atoms with Crippen molar-refractivity contribution in [1.29, 1.82) is 5.26 Å². The molecule has 1 unspecified atom stereocenters. The summed E-state index contributed by atoms with van der Waals surface area (Å²) in [6.45, 7) is 3.16. The molecule has 5 heteroatoms. The van der Waals surface area contributed by atoms with E-state index in [4.69, 9.17) is 5.11 Å². The van der Waals surface area contributed by atoms with Crippen LogP contribution in [0.4, 0.5) is 5.69 Å². The summed E-state index contributed by atoms with van der Waals surface area (Å²) in [5.74, 6) is -0.907. The number of benzene rings is 1. The molecule has 0 radical (unpaired) electrons. The predicted octanol–water partition coefficient (Wildman–Crippen LogP) is 2.44. The van der Waals surface area contributed by atoms with Gasteiger partial charge in [0.1, 0.15) is 6.07 Å². The summed E-state index contributed by atoms with van der Waals surface area (Å²) in [6.07, 6.45) is 1.95. The van der Waals surface area contributed by atoms with E-state index in [0.29, 0.717) is 18.7 Å². The molecule has 1 atom stereocenters. The normalized spacial score (nSPS) is 16.6. The van der Waals surface area contributed by atoms with Crippen molar-refractivity contribution in [2.75, 3.05) is 24.2 Å². The minimum absolute atomic E-state index is 0.168. The van der Waals surface area contributed by atoms with Crippen LogP contribution in [-0.4, -0.2) is 30.4 Å². The molecule has 1 aliphatic heterocycles. The van der Waals surface area contributed by atoms with Crippen molar-refractivity contribution in [3.63, 3.8) is 0 Å². The SMILES string of the molecule is CSc1cccc(N2CC(C(C)C(=O)O)C2)c1C#N. The molecule has 2 rings (SSSR count). The fraction of sp³-hybridized carbons (Fsp3) is 0.429. The van der Waals surface area contributed by atoms with Crippen LogP contribution in [0.3, 0.4) is 0 Å². The van der Waals surface area contributed by atoms with E-state index in [1.54, 1.807) is 18.7 Å². The highest BCUT2D eigenvalue weighted by atomic mass is 32.2. The van der Waals surface area contributed by atoms with E-state index in [-0.39, 0.29) is 11.8 Å². The number of rotatable bonds is 4. The number of nitrogens with zero attached hydrogens (tertiary/aromatic N) is 2. The van der Waals surface area contributed by atoms with Gasteiger partial charge in [-0.1, -0.05) is 13.0 Å². The van der Waals surface area contributed by atoms with Crippen molar-refractivity contribution >= 4 is 23.4 Å². The third-order valence-corrected chi connectivity index (χ3v) is 4.46. The van der Waals surface area contributed by atoms with Gasteiger partial charge in [-0.25, -0.2) is 0 Å². The van der Waals surface area contributed by atoms with Crippen LogP contribution in [0.2, 0.25) is 0 Å². The molecule has 0 spiro atoms. The van der Waals surface area contributed by atoms with Crippen LogP contribution in [0.15, 0.2) is 23.1 Å². The van der Waals surface area contributed by atoms with Crippen LogP contribution < -0.4 is 4.90 Å². The number of hydrogen-bond acceptors (Lipinski definition) is 4. The zero-order valence-corrected chi connectivity index (χ0v) is 11.8. The van der Waals surface area contributed by atoms with Gasteiger partial charge in [-0.3, -0.25) is 4.79 Å². The second-order valence-corrected chi connectivity index (χ2v) is 5.61. The van der Waals surface area contributed by atoms with Gasteiger partial charge >= 0.3 is 5.97 Å². The number of carboxylic acid groups (broad SMARTS) is 1. The lowest BCUT2D eigenvalue weighted by atomic mass is 9.86. The molecule has 19 heavy (non-hydrogen) atoms. The van der Waals surface area contributed by atoms with Crippen molar-refractivity contribution in [1.82, 2.24) is 0 Å². The summed E-state index contributed by atoms with van der Waals surface area (Å²) >= 11 is 1.55. The summed E-state index contributed by atoms with van der Waals surface area (Å²) in [6, 6.07) is 8.06. The molecule has 0 aliphatic carbocycles. The average molecular weight is 276 g/mol. The first-order valence-corrected chi connectivity index (χ1v) is 7.35. The Hall–Kier alpha value is -1.67. The van der Waals surface area contributed by atoms with Gasteiger partial charge in [0.25, 0.3) is 0 Å². The first-order chi connectivity index (χ1) is 9.08. The molecule has 1 aliphatic rings. The van der Waals surface area contributed by atoms with Crippen LogP contribution in [0.25, 0.3) is 0 Å². The molecular weight excluding hydrogens is 260 g/mol. The number of hydrogen-bond donors (Lipinski definition) is 1. The van der Waals surface area contributed by atoms with Crippen molar-refractivity contribution in [2.24, 2.45) is 11.8 Å². The Labute approximate surface area is 117 Å². The molecule has 100 valence electrons. The van der Waals surface area contributed by atoms with E-state index in [1.165, 1.54) is 0 Å². The van der Waals surface area contributed by atoms with Crippen LogP contribution in [0, 0.1) is 23.2 Å². The Morgan fingerprint density at radius 3 is 2.79 bits per heavy atom. The van der Waals surface area contributed by atoms with E-state index in [0.717, 1.165) is 10.6 Å². The van der Waals surface area contributed by atoms with E-state index < -0.39 is 5.97 Å². The molecular formula is C14H16N2O2S. The highest BCUT2D eigenvalue weighted by molar-refractivity contribution is 7.98. The number of carbonyl (C=O) groups is 1. The third kappa shape index (κ3) is 2.54. The van der Waals surface area contributed by atoms with Crippen LogP contribution in [0.5, 0.6) is 0 Å². The Balaban J connectivity index is 2.14. The van der Waals surface area contributed by atoms with E-state index in [1.807, 2.05) is 24.5 Å². The number of aliphatic carboxylic acids is 1. The molecule has 1 aromatic rings. The monoisotopic (exact) mass is 276 g/mol. The predicted molar refractivity (Wildman–Crippen MR) is 75.4 cm³/mol. The minimum atomic E-state index is -0.747. The van der Waals surface area contributed by atoms with Crippen molar-refractivity contribution in [3.8, 4) is 6.07 Å². The van der Waals surface area contributed by atoms with Gasteiger partial charge in [-0.2, -0.15) is 5.26 Å². The first kappa shape index (κ1) is 13.8. The molecule has 1 saturated heterocycles. The lowest BCUT2D eigenvalue weighted by Crippen LogP contribution is -2.51. The Morgan fingerprint density at radius 2 is 2.26 bits per heavy atom. The Morgan fingerprint density at radius 1 is 1.58 bits per heavy atom. The quantitative estimate of drug-likeness (QED) is 0.856. The zero-order valence-electron chi connectivity index (χ0n) is 11.0. The van der Waals surface area contributed by atoms with Gasteiger partial charge in [0, 0.05) is 23.9 Å². The fourth-order valence-electron chi connectivity index (χ4n) is 2.29. The molecule has 1 heterocycles. The third-order valence-electron chi connectivity index (χ3n) is 3.68. The topological polar surface area (TPSA) is 64.3 Å². The second kappa shape index (κ2) is 5.54. The number of nitriles is 1. The van der Waals surface area contributed by atoms with Crippen LogP contribution in [-0.2, 0) is 4.79 Å². The van der Waals surface area contributed by atoms with Crippen LogP contribution in [0.1, 0.15) is 12.5 Å². The van der Waals surface area contributed by atoms with Crippen molar-refractivity contribution in [2.45, 2.75) is 11.8 Å². The van der Waals surface area contributed by atoms with Gasteiger partial charge < -0.3 is 10.0 Å². The summed E-state index contributed by atoms with van der Waals surface area (Å²) in [7, 11) is 0. The largest absolute Gasteiger partial charge is 0.481 e. The maximum atomic E-state index is 10.9. The number of carboxylic acids is 1. The fourth-order valence-corrected chi connectivity index (χ4v) is 2.86. The van der Waals surface area contributed by atoms with E-state index >= 15 is 0 Å². The first-order valence-electron chi connectivity index (χ1n) is 6.13. The van der Waals surface area contributed by atoms with E-state index in [9.17, 15) is 10.1 Å². The van der Waals surface area contributed by atoms with Gasteiger partial charge in [0.15, 0.2) is 0 Å². The summed E-state index contributed by atoms with van der Waals surface area (Å²) < 4.78 is 0. The maximum absolute atomic E-state index is 10.9. The molecule has 1 aromatic carbocycles. The molecule has 0 amide bonds. The summed E-state index contributed by atoms with van der Waals surface area (Å²) in [5.41, 5.74) is 1.61. The molecule has 0 aromatic heterocycles. The smallest absolute Gasteiger partial charge is 0.306 e. The minimum Gasteiger partial charge on any atom is -0.481 e. The molecule has 1 N–H and O–H groups in total. The van der Waals surface area contributed by atoms with Crippen molar-refractivity contribution in [3.05, 3.63) is 23.8 Å². The number of anilines is 1. The maximum Gasteiger partial charge on any atom is 0.306 e. The Bertz CT molecular complexity index is 533. The molecule has 0 bridgehead atoms. The van der Waals surface area contributed by atoms with Gasteiger partial charge in [0.05, 0.1) is 17.2 Å². The molecule has 1 fully saturated rings. The Kier molecular flexibility index (Phi) is 4.01. The van der Waals surface area contributed by atoms with Gasteiger partial charge in [0.2, 0.25) is 0 Å². The molecule has 0 saturated carbocycles. The van der Waals surface area contributed by atoms with Crippen molar-refractivity contribution < 1.29 is 9.90 Å². The van der Waals surface area contributed by atoms with Crippen LogP contribution >= 0.6 is 11.8 Å². The summed E-state index contributed by atoms with van der Waals surface area (Å²) in [5, 5.41) is 18.3.